The van der Waals surface area contributed by atoms with Gasteiger partial charge >= 0.3 is 5.97 Å². The third kappa shape index (κ3) is 2.77. The number of rotatable bonds is 4. The summed E-state index contributed by atoms with van der Waals surface area (Å²) in [7, 11) is 0. The van der Waals surface area contributed by atoms with Crippen LogP contribution in [0.5, 0.6) is 0 Å². The van der Waals surface area contributed by atoms with Crippen molar-refractivity contribution in [2.45, 2.75) is 19.4 Å². The molecule has 0 spiro atoms. The first kappa shape index (κ1) is 9.36. The van der Waals surface area contributed by atoms with E-state index < -0.39 is 18.7 Å². The standard InChI is InChI=1S/C6H12FNO2/c1-4(2-3-7)5(8)6(9)10/h4-5H,2-3,8H2,1H3,(H,9,10)/t4-,5+/m1/s1. The van der Waals surface area contributed by atoms with Crippen LogP contribution in [0.4, 0.5) is 4.39 Å². The normalized spacial score (nSPS) is 16.3. The van der Waals surface area contributed by atoms with E-state index in [4.69, 9.17) is 10.8 Å². The van der Waals surface area contributed by atoms with Gasteiger partial charge in [0.1, 0.15) is 6.04 Å². The Kier molecular flexibility index (Phi) is 3.95. The minimum Gasteiger partial charge on any atom is -0.480 e. The smallest absolute Gasteiger partial charge is 0.320 e. The van der Waals surface area contributed by atoms with Crippen LogP contribution in [0.1, 0.15) is 13.3 Å². The highest BCUT2D eigenvalue weighted by Gasteiger charge is 2.18. The third-order valence-electron chi connectivity index (χ3n) is 1.46. The minimum absolute atomic E-state index is 0.216. The molecule has 0 aromatic heterocycles. The zero-order chi connectivity index (χ0) is 8.15. The SMILES string of the molecule is C[C@H](CCF)[C@H](N)C(=O)O. The van der Waals surface area contributed by atoms with Crippen LogP contribution in [0.2, 0.25) is 0 Å². The summed E-state index contributed by atoms with van der Waals surface area (Å²) in [5.74, 6) is -1.36. The van der Waals surface area contributed by atoms with Gasteiger partial charge in [-0.15, -0.1) is 0 Å². The lowest BCUT2D eigenvalue weighted by atomic mass is 10.0. The molecule has 0 heterocycles. The van der Waals surface area contributed by atoms with Crippen LogP contribution in [0.15, 0.2) is 0 Å². The van der Waals surface area contributed by atoms with Gasteiger partial charge in [-0.3, -0.25) is 9.18 Å². The summed E-state index contributed by atoms with van der Waals surface area (Å²) in [5, 5.41) is 8.33. The fraction of sp³-hybridized carbons (Fsp3) is 0.833. The molecule has 3 nitrogen and oxygen atoms in total. The fourth-order valence-electron chi connectivity index (χ4n) is 0.595. The first-order chi connectivity index (χ1) is 4.59. The van der Waals surface area contributed by atoms with Crippen LogP contribution in [0, 0.1) is 5.92 Å². The first-order valence-electron chi connectivity index (χ1n) is 3.14. The molecule has 0 bridgehead atoms. The van der Waals surface area contributed by atoms with Crippen molar-refractivity contribution in [2.24, 2.45) is 11.7 Å². The highest BCUT2D eigenvalue weighted by atomic mass is 19.1. The predicted octanol–water partition coefficient (Wildman–Crippen LogP) is 0.394. The van der Waals surface area contributed by atoms with Crippen molar-refractivity contribution < 1.29 is 14.3 Å². The molecule has 0 aromatic carbocycles. The Labute approximate surface area is 59.0 Å². The van der Waals surface area contributed by atoms with E-state index in [1.54, 1.807) is 6.92 Å². The third-order valence-corrected chi connectivity index (χ3v) is 1.46. The summed E-state index contributed by atoms with van der Waals surface area (Å²) in [6.07, 6.45) is 0.216. The Morgan fingerprint density at radius 3 is 2.60 bits per heavy atom. The number of carbonyl (C=O) groups is 1. The molecule has 2 atom stereocenters. The van der Waals surface area contributed by atoms with Crippen molar-refractivity contribution in [3.63, 3.8) is 0 Å². The Morgan fingerprint density at radius 2 is 2.30 bits per heavy atom. The average Bonchev–Trinajstić information content (AvgIpc) is 1.87. The topological polar surface area (TPSA) is 63.3 Å². The van der Waals surface area contributed by atoms with Crippen LogP contribution in [-0.2, 0) is 4.79 Å². The van der Waals surface area contributed by atoms with E-state index in [9.17, 15) is 9.18 Å². The van der Waals surface area contributed by atoms with E-state index in [1.807, 2.05) is 0 Å². The lowest BCUT2D eigenvalue weighted by Gasteiger charge is -2.12. The number of hydrogen-bond acceptors (Lipinski definition) is 2. The van der Waals surface area contributed by atoms with Crippen molar-refractivity contribution in [3.8, 4) is 0 Å². The van der Waals surface area contributed by atoms with Crippen LogP contribution in [0.25, 0.3) is 0 Å². The van der Waals surface area contributed by atoms with Gasteiger partial charge in [0.05, 0.1) is 6.67 Å². The molecule has 0 saturated heterocycles. The molecule has 0 aliphatic heterocycles. The largest absolute Gasteiger partial charge is 0.480 e. The molecule has 60 valence electrons. The maximum absolute atomic E-state index is 11.6. The molecule has 0 unspecified atom stereocenters. The van der Waals surface area contributed by atoms with Gasteiger partial charge in [0, 0.05) is 0 Å². The van der Waals surface area contributed by atoms with E-state index >= 15 is 0 Å². The zero-order valence-corrected chi connectivity index (χ0v) is 5.88. The fourth-order valence-corrected chi connectivity index (χ4v) is 0.595. The summed E-state index contributed by atoms with van der Waals surface area (Å²) in [6.45, 7) is 1.11. The number of halogens is 1. The van der Waals surface area contributed by atoms with Crippen LogP contribution < -0.4 is 5.73 Å². The molecule has 0 aliphatic rings. The molecule has 0 fully saturated rings. The molecular formula is C6H12FNO2. The van der Waals surface area contributed by atoms with Crippen LogP contribution in [0.3, 0.4) is 0 Å². The second kappa shape index (κ2) is 4.22. The average molecular weight is 149 g/mol. The van der Waals surface area contributed by atoms with Gasteiger partial charge < -0.3 is 10.8 Å². The highest BCUT2D eigenvalue weighted by molar-refractivity contribution is 5.73. The Hall–Kier alpha value is -0.640. The van der Waals surface area contributed by atoms with Gasteiger partial charge in [-0.1, -0.05) is 6.92 Å². The quantitative estimate of drug-likeness (QED) is 0.608. The molecule has 0 saturated carbocycles. The van der Waals surface area contributed by atoms with E-state index in [2.05, 4.69) is 0 Å². The van der Waals surface area contributed by atoms with Crippen molar-refractivity contribution in [1.82, 2.24) is 0 Å². The van der Waals surface area contributed by atoms with Gasteiger partial charge in [-0.05, 0) is 12.3 Å². The van der Waals surface area contributed by atoms with Crippen molar-refractivity contribution >= 4 is 5.97 Å². The maximum atomic E-state index is 11.6. The number of carboxylic acid groups (broad SMARTS) is 1. The van der Waals surface area contributed by atoms with E-state index in [1.165, 1.54) is 0 Å². The van der Waals surface area contributed by atoms with E-state index in [0.717, 1.165) is 0 Å². The van der Waals surface area contributed by atoms with Gasteiger partial charge in [0.15, 0.2) is 0 Å². The number of nitrogens with two attached hydrogens (primary N) is 1. The molecular weight excluding hydrogens is 137 g/mol. The number of hydrogen-bond donors (Lipinski definition) is 2. The number of alkyl halides is 1. The maximum Gasteiger partial charge on any atom is 0.320 e. The van der Waals surface area contributed by atoms with E-state index in [-0.39, 0.29) is 12.3 Å². The minimum atomic E-state index is -1.07. The summed E-state index contributed by atoms with van der Waals surface area (Å²) in [6, 6.07) is -0.934. The van der Waals surface area contributed by atoms with Crippen LogP contribution in [-0.4, -0.2) is 23.8 Å². The Balaban J connectivity index is 3.69. The predicted molar refractivity (Wildman–Crippen MR) is 35.4 cm³/mol. The monoisotopic (exact) mass is 149 g/mol. The molecule has 0 aliphatic carbocycles. The summed E-state index contributed by atoms with van der Waals surface area (Å²) >= 11 is 0. The summed E-state index contributed by atoms with van der Waals surface area (Å²) in [4.78, 5) is 10.2. The molecule has 10 heavy (non-hydrogen) atoms. The molecule has 0 aromatic rings. The number of aliphatic carboxylic acids is 1. The molecule has 0 radical (unpaired) electrons. The Morgan fingerprint density at radius 1 is 1.80 bits per heavy atom. The molecule has 0 rings (SSSR count). The van der Waals surface area contributed by atoms with Crippen molar-refractivity contribution in [1.29, 1.82) is 0 Å². The lowest BCUT2D eigenvalue weighted by Crippen LogP contribution is -2.36. The van der Waals surface area contributed by atoms with Gasteiger partial charge in [-0.25, -0.2) is 0 Å². The number of carboxylic acids is 1. The second-order valence-electron chi connectivity index (χ2n) is 2.32. The van der Waals surface area contributed by atoms with Gasteiger partial charge in [-0.2, -0.15) is 0 Å². The van der Waals surface area contributed by atoms with Gasteiger partial charge in [0.25, 0.3) is 0 Å². The summed E-state index contributed by atoms with van der Waals surface area (Å²) < 4.78 is 11.6. The highest BCUT2D eigenvalue weighted by Crippen LogP contribution is 2.05. The van der Waals surface area contributed by atoms with Crippen molar-refractivity contribution in [3.05, 3.63) is 0 Å². The van der Waals surface area contributed by atoms with E-state index in [0.29, 0.717) is 0 Å². The van der Waals surface area contributed by atoms with Gasteiger partial charge in [0.2, 0.25) is 0 Å². The van der Waals surface area contributed by atoms with Crippen LogP contribution >= 0.6 is 0 Å². The first-order valence-corrected chi connectivity index (χ1v) is 3.14. The molecule has 4 heteroatoms. The molecule has 3 N–H and O–H groups in total. The summed E-state index contributed by atoms with van der Waals surface area (Å²) in [5.41, 5.74) is 5.18. The lowest BCUT2D eigenvalue weighted by molar-refractivity contribution is -0.139. The van der Waals surface area contributed by atoms with Crippen molar-refractivity contribution in [2.75, 3.05) is 6.67 Å². The molecule has 0 amide bonds. The Bertz CT molecular complexity index is 118. The second-order valence-corrected chi connectivity index (χ2v) is 2.32. The zero-order valence-electron chi connectivity index (χ0n) is 5.88.